The van der Waals surface area contributed by atoms with Crippen LogP contribution < -0.4 is 10.6 Å². The molecule has 0 saturated carbocycles. The van der Waals surface area contributed by atoms with Crippen LogP contribution in [0.1, 0.15) is 213 Å². The molecule has 0 aromatic carbocycles. The van der Waals surface area contributed by atoms with Crippen molar-refractivity contribution in [1.29, 1.82) is 0 Å². The van der Waals surface area contributed by atoms with Crippen LogP contribution >= 0.6 is 0 Å². The molecule has 0 aliphatic carbocycles. The van der Waals surface area contributed by atoms with Crippen molar-refractivity contribution in [2.24, 2.45) is 0 Å². The van der Waals surface area contributed by atoms with Crippen LogP contribution in [0.5, 0.6) is 0 Å². The molecule has 586 valence electrons. The van der Waals surface area contributed by atoms with Crippen LogP contribution in [-0.4, -0.2) is 299 Å². The topological polar surface area (TPSA) is 474 Å². The van der Waals surface area contributed by atoms with Crippen molar-refractivity contribution in [2.75, 3.05) is 39.6 Å². The van der Waals surface area contributed by atoms with Crippen LogP contribution in [0.15, 0.2) is 12.2 Å². The Labute approximate surface area is 589 Å². The number of ether oxygens (including phenoxy) is 10. The zero-order chi connectivity index (χ0) is 73.1. The Balaban J connectivity index is 1.18. The number of carbonyl (C=O) groups excluding carboxylic acids is 2. The van der Waals surface area contributed by atoms with Gasteiger partial charge in [0.05, 0.1) is 51.8 Å². The molecule has 27 atom stereocenters. The average molecular weight is 1450 g/mol. The zero-order valence-corrected chi connectivity index (χ0v) is 59.3. The highest BCUT2D eigenvalue weighted by molar-refractivity contribution is 5.76. The lowest BCUT2D eigenvalue weighted by molar-refractivity contribution is -0.389. The summed E-state index contributed by atoms with van der Waals surface area (Å²) in [7, 11) is 0. The molecule has 5 saturated heterocycles. The second-order valence-corrected chi connectivity index (χ2v) is 27.8. The normalized spacial score (nSPS) is 35.6. The first-order chi connectivity index (χ1) is 48.2. The molecule has 0 spiro atoms. The summed E-state index contributed by atoms with van der Waals surface area (Å²) in [4.78, 5) is 26.1. The van der Waals surface area contributed by atoms with Gasteiger partial charge in [0.15, 0.2) is 31.5 Å². The van der Waals surface area contributed by atoms with Crippen molar-refractivity contribution in [3.05, 3.63) is 12.2 Å². The highest BCUT2D eigenvalue weighted by atomic mass is 16.8. The van der Waals surface area contributed by atoms with Crippen LogP contribution in [-0.2, 0) is 57.0 Å². The number of amides is 2. The molecule has 30 heteroatoms. The number of hydrogen-bond donors (Lipinski definition) is 18. The van der Waals surface area contributed by atoms with Gasteiger partial charge in [0.25, 0.3) is 0 Å². The monoisotopic (exact) mass is 1440 g/mol. The third-order valence-corrected chi connectivity index (χ3v) is 19.7. The van der Waals surface area contributed by atoms with E-state index in [9.17, 15) is 91.3 Å². The van der Waals surface area contributed by atoms with E-state index in [1.54, 1.807) is 6.08 Å². The van der Waals surface area contributed by atoms with E-state index in [1.165, 1.54) is 128 Å². The number of nitrogens with one attached hydrogen (secondary N) is 2. The number of carbonyl (C=O) groups is 2. The maximum atomic E-state index is 13.5. The molecule has 30 nitrogen and oxygen atoms in total. The van der Waals surface area contributed by atoms with Crippen molar-refractivity contribution < 1.29 is 139 Å². The maximum Gasteiger partial charge on any atom is 0.220 e. The van der Waals surface area contributed by atoms with Crippen molar-refractivity contribution in [3.63, 3.8) is 0 Å². The molecule has 0 bridgehead atoms. The number of hydrogen-bond acceptors (Lipinski definition) is 28. The van der Waals surface area contributed by atoms with Gasteiger partial charge in [-0.05, 0) is 19.3 Å². The summed E-state index contributed by atoms with van der Waals surface area (Å²) >= 11 is 0. The molecule has 5 aliphatic rings. The summed E-state index contributed by atoms with van der Waals surface area (Å²) in [6.07, 6.45) is -8.60. The molecular formula is C70H128N2O28. The number of aliphatic hydroxyl groups is 16. The van der Waals surface area contributed by atoms with Crippen LogP contribution in [0.25, 0.3) is 0 Å². The van der Waals surface area contributed by atoms with E-state index < -0.39 is 211 Å². The second-order valence-electron chi connectivity index (χ2n) is 27.8. The Morgan fingerprint density at radius 2 is 0.740 bits per heavy atom. The first kappa shape index (κ1) is 88.3. The van der Waals surface area contributed by atoms with Crippen molar-refractivity contribution in [3.8, 4) is 0 Å². The summed E-state index contributed by atoms with van der Waals surface area (Å²) in [5.41, 5.74) is 0. The molecule has 2 amide bonds. The van der Waals surface area contributed by atoms with E-state index in [0.717, 1.165) is 51.9 Å². The molecule has 10 unspecified atom stereocenters. The standard InChI is InChI=1S/C70H128N2O28/c1-4-6-8-10-12-14-16-18-19-20-21-23-25-27-29-31-33-35-50(80)72-43(44(79)34-32-30-28-26-24-22-17-15-13-11-9-7-5-2)41-91-67-59(88)56(85)62(48(39-76)95-67)97-69-60(89)57(86)63(49(40-77)96-69)98-70-61(90)65(54(83)47(38-75)94-70)100-66-51(71-42(3)78)64(53(82)46(37-74)92-66)99-68-58(87)55(84)52(81)45(36-73)93-68/h32,34,43-49,51-70,73-77,79,81-90H,4-31,33,35-41H2,1-3H3,(H,71,78)(H,72,80)/b34-32+/t43-,44+,45?,46?,47?,48?,49?,51?,52-,53-,54-,55-,56+,57+,58?,59?,60?,61?,62+,63-,64+,65-,66-,67+,68-,69-,70-/m0/s1. The van der Waals surface area contributed by atoms with Crippen LogP contribution in [0, 0.1) is 0 Å². The first-order valence-electron chi connectivity index (χ1n) is 37.5. The lowest BCUT2D eigenvalue weighted by atomic mass is 9.94. The van der Waals surface area contributed by atoms with Gasteiger partial charge in [-0.25, -0.2) is 0 Å². The lowest BCUT2D eigenvalue weighted by Gasteiger charge is -2.50. The van der Waals surface area contributed by atoms with E-state index in [1.807, 2.05) is 6.08 Å². The largest absolute Gasteiger partial charge is 0.394 e. The number of aliphatic hydroxyl groups excluding tert-OH is 16. The minimum atomic E-state index is -2.19. The highest BCUT2D eigenvalue weighted by Crippen LogP contribution is 2.37. The van der Waals surface area contributed by atoms with E-state index in [0.29, 0.717) is 12.8 Å². The van der Waals surface area contributed by atoms with E-state index in [-0.39, 0.29) is 12.3 Å². The Bertz CT molecular complexity index is 2180. The molecule has 0 aromatic rings. The fraction of sp³-hybridized carbons (Fsp3) is 0.943. The first-order valence-corrected chi connectivity index (χ1v) is 37.5. The number of allylic oxidation sites excluding steroid dienone is 1. The summed E-state index contributed by atoms with van der Waals surface area (Å²) in [6, 6.07) is -2.74. The van der Waals surface area contributed by atoms with E-state index in [2.05, 4.69) is 24.5 Å². The van der Waals surface area contributed by atoms with Gasteiger partial charge in [0.1, 0.15) is 122 Å². The predicted octanol–water partition coefficient (Wildman–Crippen LogP) is 0.388. The van der Waals surface area contributed by atoms with Gasteiger partial charge < -0.3 is 140 Å². The smallest absolute Gasteiger partial charge is 0.220 e. The Kier molecular flexibility index (Phi) is 43.0. The summed E-state index contributed by atoms with van der Waals surface area (Å²) in [5, 5.41) is 181. The van der Waals surface area contributed by atoms with Gasteiger partial charge in [-0.15, -0.1) is 0 Å². The summed E-state index contributed by atoms with van der Waals surface area (Å²) in [6.45, 7) is 0.350. The van der Waals surface area contributed by atoms with E-state index >= 15 is 0 Å². The van der Waals surface area contributed by atoms with Crippen LogP contribution in [0.4, 0.5) is 0 Å². The second kappa shape index (κ2) is 48.8. The number of unbranched alkanes of at least 4 members (excludes halogenated alkanes) is 27. The van der Waals surface area contributed by atoms with Crippen molar-refractivity contribution >= 4 is 11.8 Å². The third kappa shape index (κ3) is 28.1. The minimum Gasteiger partial charge on any atom is -0.394 e. The van der Waals surface area contributed by atoms with Gasteiger partial charge in [0, 0.05) is 13.3 Å². The van der Waals surface area contributed by atoms with Crippen molar-refractivity contribution in [2.45, 2.75) is 379 Å². The average Bonchev–Trinajstić information content (AvgIpc) is 0.775. The van der Waals surface area contributed by atoms with Crippen LogP contribution in [0.3, 0.4) is 0 Å². The Morgan fingerprint density at radius 3 is 1.19 bits per heavy atom. The molecule has 5 fully saturated rings. The molecule has 0 radical (unpaired) electrons. The Hall–Kier alpha value is -2.36. The Morgan fingerprint density at radius 1 is 0.390 bits per heavy atom. The molecule has 5 heterocycles. The lowest BCUT2D eigenvalue weighted by Crippen LogP contribution is -2.70. The van der Waals surface area contributed by atoms with Gasteiger partial charge in [-0.2, -0.15) is 0 Å². The number of rotatable bonds is 50. The molecule has 5 rings (SSSR count). The van der Waals surface area contributed by atoms with Crippen LogP contribution in [0.2, 0.25) is 0 Å². The van der Waals surface area contributed by atoms with Crippen molar-refractivity contribution in [1.82, 2.24) is 10.6 Å². The molecule has 100 heavy (non-hydrogen) atoms. The zero-order valence-electron chi connectivity index (χ0n) is 59.3. The molecule has 5 aliphatic heterocycles. The molecular weight excluding hydrogens is 1320 g/mol. The van der Waals surface area contributed by atoms with E-state index in [4.69, 9.17) is 47.4 Å². The van der Waals surface area contributed by atoms with Gasteiger partial charge in [0.2, 0.25) is 11.8 Å². The third-order valence-electron chi connectivity index (χ3n) is 19.7. The summed E-state index contributed by atoms with van der Waals surface area (Å²) < 4.78 is 58.4. The van der Waals surface area contributed by atoms with Gasteiger partial charge in [-0.3, -0.25) is 9.59 Å². The quantitative estimate of drug-likeness (QED) is 0.0289. The fourth-order valence-electron chi connectivity index (χ4n) is 13.6. The predicted molar refractivity (Wildman–Crippen MR) is 359 cm³/mol. The van der Waals surface area contributed by atoms with Gasteiger partial charge >= 0.3 is 0 Å². The highest BCUT2D eigenvalue weighted by Gasteiger charge is 2.57. The SMILES string of the molecule is CCCCCCCCCCCCC/C=C/[C@@H](O)[C@H](CO[C@@H]1OC(CO)[C@@H](O[C@@H]2OC(CO)[C@H](O[C@@H]3OC(CO)[C@H](O)[C@H](O[C@@H]4OC(CO)[C@H](O)[C@H](O[C@@H]5OC(CO)[C@H](O)[C@H](O)C5O)C4NC(C)=O)C3O)[C@H](O)C2O)[C@H](O)C1O)NC(=O)CCCCCCCCCCCCCCCCCCC. The summed E-state index contributed by atoms with van der Waals surface area (Å²) in [5.74, 6) is -1.13. The maximum absolute atomic E-state index is 13.5. The van der Waals surface area contributed by atoms with Gasteiger partial charge in [-0.1, -0.05) is 193 Å². The minimum absolute atomic E-state index is 0.198. The molecule has 0 aromatic heterocycles. The molecule has 18 N–H and O–H groups in total. The fourth-order valence-corrected chi connectivity index (χ4v) is 13.6.